The van der Waals surface area contributed by atoms with Crippen LogP contribution in [0.5, 0.6) is 0 Å². The predicted octanol–water partition coefficient (Wildman–Crippen LogP) is 4.03. The van der Waals surface area contributed by atoms with Crippen LogP contribution in [0.25, 0.3) is 0 Å². The van der Waals surface area contributed by atoms with Crippen molar-refractivity contribution < 1.29 is 19.1 Å². The Bertz CT molecular complexity index is 636. The standard InChI is InChI=1S/C21H30O4/c1-13-14-6-7-16-20(12-14,25-17(13)22)11-8-15-19(2,3)9-5-10-21(15,16)18(23)24-4/h14-16H,1,5-12H2,2-4H3. The summed E-state index contributed by atoms with van der Waals surface area (Å²) in [6, 6.07) is 0. The van der Waals surface area contributed by atoms with Crippen LogP contribution < -0.4 is 0 Å². The second-order valence-corrected chi connectivity index (χ2v) is 9.48. The molecular formula is C21H30O4. The van der Waals surface area contributed by atoms with E-state index in [0.29, 0.717) is 11.5 Å². The third-order valence-electron chi connectivity index (χ3n) is 8.10. The van der Waals surface area contributed by atoms with Crippen molar-refractivity contribution in [3.8, 4) is 0 Å². The van der Waals surface area contributed by atoms with Gasteiger partial charge in [-0.3, -0.25) is 4.79 Å². The van der Waals surface area contributed by atoms with E-state index >= 15 is 0 Å². The molecule has 0 amide bonds. The highest BCUT2D eigenvalue weighted by molar-refractivity contribution is 5.90. The summed E-state index contributed by atoms with van der Waals surface area (Å²) < 4.78 is 11.4. The maximum atomic E-state index is 13.2. The predicted molar refractivity (Wildman–Crippen MR) is 93.6 cm³/mol. The third-order valence-corrected chi connectivity index (χ3v) is 8.10. The lowest BCUT2D eigenvalue weighted by Crippen LogP contribution is -2.67. The number of ether oxygens (including phenoxy) is 2. The molecule has 1 saturated heterocycles. The lowest BCUT2D eigenvalue weighted by atomic mass is 9.42. The monoisotopic (exact) mass is 346 g/mol. The highest BCUT2D eigenvalue weighted by Crippen LogP contribution is 2.67. The summed E-state index contributed by atoms with van der Waals surface area (Å²) in [5.41, 5.74) is -0.243. The van der Waals surface area contributed by atoms with Crippen LogP contribution in [0.2, 0.25) is 0 Å². The average molecular weight is 346 g/mol. The molecule has 3 aliphatic carbocycles. The lowest BCUT2D eigenvalue weighted by molar-refractivity contribution is -0.236. The van der Waals surface area contributed by atoms with E-state index in [9.17, 15) is 9.59 Å². The first-order valence-corrected chi connectivity index (χ1v) is 9.77. The molecule has 1 spiro atoms. The Morgan fingerprint density at radius 2 is 1.92 bits per heavy atom. The maximum Gasteiger partial charge on any atom is 0.334 e. The van der Waals surface area contributed by atoms with E-state index in [1.54, 1.807) is 0 Å². The van der Waals surface area contributed by atoms with Gasteiger partial charge in [0.05, 0.1) is 12.5 Å². The Morgan fingerprint density at radius 1 is 1.16 bits per heavy atom. The molecule has 2 bridgehead atoms. The van der Waals surface area contributed by atoms with Gasteiger partial charge in [-0.1, -0.05) is 26.8 Å². The van der Waals surface area contributed by atoms with E-state index in [1.165, 1.54) is 7.11 Å². The number of hydrogen-bond acceptors (Lipinski definition) is 4. The number of carbonyl (C=O) groups excluding carboxylic acids is 2. The van der Waals surface area contributed by atoms with Gasteiger partial charge in [0.1, 0.15) is 5.60 Å². The van der Waals surface area contributed by atoms with Gasteiger partial charge in [-0.25, -0.2) is 4.79 Å². The number of esters is 2. The number of carbonyl (C=O) groups is 2. The molecule has 0 aromatic heterocycles. The van der Waals surface area contributed by atoms with Gasteiger partial charge in [0.25, 0.3) is 0 Å². The normalized spacial score (nSPS) is 45.0. The van der Waals surface area contributed by atoms with Crippen LogP contribution >= 0.6 is 0 Å². The zero-order valence-corrected chi connectivity index (χ0v) is 15.7. The summed E-state index contributed by atoms with van der Waals surface area (Å²) in [6.45, 7) is 8.55. The molecule has 4 rings (SSSR count). The van der Waals surface area contributed by atoms with E-state index in [0.717, 1.165) is 51.4 Å². The van der Waals surface area contributed by atoms with E-state index in [2.05, 4.69) is 20.4 Å². The van der Waals surface area contributed by atoms with Crippen molar-refractivity contribution in [2.75, 3.05) is 7.11 Å². The first-order valence-electron chi connectivity index (χ1n) is 9.77. The molecule has 0 aromatic carbocycles. The molecule has 1 aliphatic heterocycles. The van der Waals surface area contributed by atoms with E-state index in [-0.39, 0.29) is 29.2 Å². The number of methoxy groups -OCH3 is 1. The van der Waals surface area contributed by atoms with Crippen LogP contribution in [0.1, 0.15) is 65.2 Å². The molecule has 25 heavy (non-hydrogen) atoms. The smallest absolute Gasteiger partial charge is 0.334 e. The Hall–Kier alpha value is -1.32. The van der Waals surface area contributed by atoms with Crippen molar-refractivity contribution in [3.63, 3.8) is 0 Å². The van der Waals surface area contributed by atoms with E-state index < -0.39 is 11.0 Å². The number of fused-ring (bicyclic) bond motifs is 3. The molecule has 3 saturated carbocycles. The van der Waals surface area contributed by atoms with Gasteiger partial charge >= 0.3 is 11.9 Å². The van der Waals surface area contributed by atoms with Gasteiger partial charge in [0.15, 0.2) is 0 Å². The van der Waals surface area contributed by atoms with Crippen molar-refractivity contribution in [2.45, 2.75) is 70.8 Å². The minimum Gasteiger partial charge on any atom is -0.469 e. The molecule has 4 nitrogen and oxygen atoms in total. The van der Waals surface area contributed by atoms with Crippen LogP contribution in [0.15, 0.2) is 12.2 Å². The van der Waals surface area contributed by atoms with Crippen LogP contribution in [-0.2, 0) is 19.1 Å². The Balaban J connectivity index is 1.82. The molecule has 0 aromatic rings. The molecule has 5 atom stereocenters. The van der Waals surface area contributed by atoms with Crippen LogP contribution in [0.3, 0.4) is 0 Å². The summed E-state index contributed by atoms with van der Waals surface area (Å²) in [6.07, 6.45) is 7.57. The zero-order chi connectivity index (χ0) is 18.0. The topological polar surface area (TPSA) is 52.6 Å². The summed E-state index contributed by atoms with van der Waals surface area (Å²) >= 11 is 0. The molecule has 4 fully saturated rings. The summed E-state index contributed by atoms with van der Waals surface area (Å²) in [5.74, 6) is 0.291. The largest absolute Gasteiger partial charge is 0.469 e. The summed E-state index contributed by atoms with van der Waals surface area (Å²) in [4.78, 5) is 25.6. The van der Waals surface area contributed by atoms with Crippen molar-refractivity contribution in [1.29, 1.82) is 0 Å². The first kappa shape index (κ1) is 17.1. The van der Waals surface area contributed by atoms with Gasteiger partial charge in [-0.05, 0) is 62.2 Å². The highest BCUT2D eigenvalue weighted by atomic mass is 16.6. The quantitative estimate of drug-likeness (QED) is 0.531. The zero-order valence-electron chi connectivity index (χ0n) is 15.7. The Labute approximate surface area is 150 Å². The third kappa shape index (κ3) is 2.12. The molecule has 1 heterocycles. The molecule has 0 N–H and O–H groups in total. The first-order chi connectivity index (χ1) is 11.8. The Morgan fingerprint density at radius 3 is 2.64 bits per heavy atom. The second-order valence-electron chi connectivity index (χ2n) is 9.48. The molecule has 4 heteroatoms. The van der Waals surface area contributed by atoms with Gasteiger partial charge in [0.2, 0.25) is 0 Å². The molecule has 4 aliphatic rings. The summed E-state index contributed by atoms with van der Waals surface area (Å²) in [7, 11) is 1.51. The Kier molecular flexibility index (Phi) is 3.66. The van der Waals surface area contributed by atoms with Gasteiger partial charge in [-0.15, -0.1) is 0 Å². The van der Waals surface area contributed by atoms with Crippen molar-refractivity contribution in [2.24, 2.45) is 28.6 Å². The van der Waals surface area contributed by atoms with Crippen LogP contribution in [0, 0.1) is 28.6 Å². The average Bonchev–Trinajstić information content (AvgIpc) is 2.57. The lowest BCUT2D eigenvalue weighted by Gasteiger charge is -2.64. The molecule has 138 valence electrons. The second kappa shape index (κ2) is 5.34. The molecule has 5 unspecified atom stereocenters. The fourth-order valence-electron chi connectivity index (χ4n) is 7.09. The fraction of sp³-hybridized carbons (Fsp3) is 0.810. The van der Waals surface area contributed by atoms with Crippen molar-refractivity contribution in [3.05, 3.63) is 12.2 Å². The van der Waals surface area contributed by atoms with Gasteiger partial charge in [-0.2, -0.15) is 0 Å². The summed E-state index contributed by atoms with van der Waals surface area (Å²) in [5, 5.41) is 0. The van der Waals surface area contributed by atoms with Crippen molar-refractivity contribution >= 4 is 11.9 Å². The van der Waals surface area contributed by atoms with Crippen molar-refractivity contribution in [1.82, 2.24) is 0 Å². The van der Waals surface area contributed by atoms with Crippen LogP contribution in [-0.4, -0.2) is 24.6 Å². The van der Waals surface area contributed by atoms with Crippen LogP contribution in [0.4, 0.5) is 0 Å². The van der Waals surface area contributed by atoms with Gasteiger partial charge in [0, 0.05) is 11.5 Å². The number of hydrogen-bond donors (Lipinski definition) is 0. The van der Waals surface area contributed by atoms with Gasteiger partial charge < -0.3 is 9.47 Å². The maximum absolute atomic E-state index is 13.2. The van der Waals surface area contributed by atoms with E-state index in [4.69, 9.17) is 9.47 Å². The highest BCUT2D eigenvalue weighted by Gasteiger charge is 2.69. The molecular weight excluding hydrogens is 316 g/mol. The minimum atomic E-state index is -0.501. The number of rotatable bonds is 1. The molecule has 0 radical (unpaired) electrons. The SMILES string of the molecule is C=C1C(=O)OC23CCC4C(C)(C)CCCC4(C(=O)OC)C2CCC1C3. The fourth-order valence-corrected chi connectivity index (χ4v) is 7.09. The minimum absolute atomic E-state index is 0.0757. The van der Waals surface area contributed by atoms with E-state index in [1.807, 2.05) is 0 Å².